The fraction of sp³-hybridized carbons (Fsp3) is 0.182. The van der Waals surface area contributed by atoms with Crippen molar-refractivity contribution in [2.24, 2.45) is 0 Å². The van der Waals surface area contributed by atoms with Crippen molar-refractivity contribution in [1.29, 1.82) is 0 Å². The van der Waals surface area contributed by atoms with Crippen LogP contribution in [-0.2, 0) is 10.0 Å². The van der Waals surface area contributed by atoms with Crippen LogP contribution in [-0.4, -0.2) is 30.8 Å². The van der Waals surface area contributed by atoms with E-state index >= 15 is 0 Å². The third kappa shape index (κ3) is 3.15. The van der Waals surface area contributed by atoms with Crippen molar-refractivity contribution >= 4 is 10.0 Å². The monoisotopic (exact) mass is 254 g/mol. The molecule has 1 N–H and O–H groups in total. The van der Waals surface area contributed by atoms with E-state index < -0.39 is 10.0 Å². The van der Waals surface area contributed by atoms with Gasteiger partial charge in [-0.05, 0) is 6.07 Å². The first-order chi connectivity index (χ1) is 8.02. The van der Waals surface area contributed by atoms with E-state index in [-0.39, 0.29) is 23.5 Å². The van der Waals surface area contributed by atoms with Crippen molar-refractivity contribution in [3.63, 3.8) is 0 Å². The Labute approximate surface area is 100 Å². The van der Waals surface area contributed by atoms with Crippen LogP contribution in [0.4, 0.5) is 0 Å². The van der Waals surface area contributed by atoms with Crippen molar-refractivity contribution in [1.82, 2.24) is 9.29 Å². The van der Waals surface area contributed by atoms with Gasteiger partial charge in [0.2, 0.25) is 15.6 Å². The van der Waals surface area contributed by atoms with Crippen LogP contribution < -0.4 is 5.56 Å². The molecule has 1 aromatic rings. The van der Waals surface area contributed by atoms with E-state index in [0.29, 0.717) is 0 Å². The van der Waals surface area contributed by atoms with Crippen molar-refractivity contribution in [3.05, 3.63) is 54.0 Å². The maximum atomic E-state index is 12.1. The Morgan fingerprint density at radius 1 is 1.24 bits per heavy atom. The second-order valence-electron chi connectivity index (χ2n) is 3.29. The summed E-state index contributed by atoms with van der Waals surface area (Å²) in [6, 6.07) is 2.44. The molecule has 0 saturated carbocycles. The van der Waals surface area contributed by atoms with Gasteiger partial charge in [0.05, 0.1) is 4.90 Å². The summed E-state index contributed by atoms with van der Waals surface area (Å²) in [5.74, 6) is 0. The van der Waals surface area contributed by atoms with Gasteiger partial charge in [-0.25, -0.2) is 8.42 Å². The summed E-state index contributed by atoms with van der Waals surface area (Å²) in [6.07, 6.45) is 4.16. The molecule has 0 aliphatic carbocycles. The van der Waals surface area contributed by atoms with Gasteiger partial charge in [0.1, 0.15) is 0 Å². The minimum absolute atomic E-state index is 0.0424. The lowest BCUT2D eigenvalue weighted by Crippen LogP contribution is -2.31. The van der Waals surface area contributed by atoms with Crippen molar-refractivity contribution < 1.29 is 8.42 Å². The van der Waals surface area contributed by atoms with Crippen LogP contribution in [0.25, 0.3) is 0 Å². The number of pyridine rings is 1. The SMILES string of the molecule is C=CCN(CC=C)S(=O)(=O)c1ccc(=O)[nH]c1. The molecule has 0 bridgehead atoms. The van der Waals surface area contributed by atoms with Crippen molar-refractivity contribution in [3.8, 4) is 0 Å². The maximum absolute atomic E-state index is 12.1. The molecule has 0 saturated heterocycles. The highest BCUT2D eigenvalue weighted by Gasteiger charge is 2.22. The second kappa shape index (κ2) is 5.60. The minimum Gasteiger partial charge on any atom is -0.328 e. The number of hydrogen-bond donors (Lipinski definition) is 1. The Hall–Kier alpha value is -1.66. The quantitative estimate of drug-likeness (QED) is 0.761. The Morgan fingerprint density at radius 2 is 1.82 bits per heavy atom. The van der Waals surface area contributed by atoms with Gasteiger partial charge in [-0.1, -0.05) is 12.2 Å². The van der Waals surface area contributed by atoms with Crippen molar-refractivity contribution in [2.75, 3.05) is 13.1 Å². The molecule has 0 aromatic carbocycles. The molecule has 1 rings (SSSR count). The predicted octanol–water partition coefficient (Wildman–Crippen LogP) is 0.738. The maximum Gasteiger partial charge on any atom is 0.247 e. The van der Waals surface area contributed by atoms with Gasteiger partial charge in [-0.3, -0.25) is 4.79 Å². The van der Waals surface area contributed by atoms with E-state index in [4.69, 9.17) is 0 Å². The molecule has 0 fully saturated rings. The molecule has 0 aliphatic rings. The Kier molecular flexibility index (Phi) is 4.42. The summed E-state index contributed by atoms with van der Waals surface area (Å²) < 4.78 is 25.5. The fourth-order valence-electron chi connectivity index (χ4n) is 1.26. The van der Waals surface area contributed by atoms with Gasteiger partial charge in [0.25, 0.3) is 0 Å². The van der Waals surface area contributed by atoms with E-state index in [2.05, 4.69) is 18.1 Å². The number of sulfonamides is 1. The lowest BCUT2D eigenvalue weighted by atomic mass is 10.5. The van der Waals surface area contributed by atoms with Crippen LogP contribution in [0.3, 0.4) is 0 Å². The molecule has 0 spiro atoms. The lowest BCUT2D eigenvalue weighted by Gasteiger charge is -2.18. The van der Waals surface area contributed by atoms with Crippen LogP contribution in [0.1, 0.15) is 0 Å². The largest absolute Gasteiger partial charge is 0.328 e. The normalized spacial score (nSPS) is 11.4. The minimum atomic E-state index is -3.62. The standard InChI is InChI=1S/C11H14N2O3S/c1-3-7-13(8-4-2)17(15,16)10-5-6-11(14)12-9-10/h3-6,9H,1-2,7-8H2,(H,12,14). The zero-order valence-corrected chi connectivity index (χ0v) is 10.1. The zero-order valence-electron chi connectivity index (χ0n) is 9.30. The van der Waals surface area contributed by atoms with E-state index in [9.17, 15) is 13.2 Å². The smallest absolute Gasteiger partial charge is 0.247 e. The van der Waals surface area contributed by atoms with Crippen LogP contribution in [0.15, 0.2) is 53.3 Å². The predicted molar refractivity (Wildman–Crippen MR) is 66.2 cm³/mol. The lowest BCUT2D eigenvalue weighted by molar-refractivity contribution is 0.474. The van der Waals surface area contributed by atoms with Crippen LogP contribution in [0.2, 0.25) is 0 Å². The zero-order chi connectivity index (χ0) is 12.9. The number of aromatic nitrogens is 1. The number of nitrogens with zero attached hydrogens (tertiary/aromatic N) is 1. The number of hydrogen-bond acceptors (Lipinski definition) is 3. The highest BCUT2D eigenvalue weighted by molar-refractivity contribution is 7.89. The van der Waals surface area contributed by atoms with E-state index in [1.165, 1.54) is 34.8 Å². The third-order valence-corrected chi connectivity index (χ3v) is 3.89. The molecule has 0 radical (unpaired) electrons. The summed E-state index contributed by atoms with van der Waals surface area (Å²) >= 11 is 0. The molecule has 92 valence electrons. The summed E-state index contributed by atoms with van der Waals surface area (Å²) in [4.78, 5) is 13.2. The molecule has 6 heteroatoms. The van der Waals surface area contributed by atoms with Gasteiger partial charge < -0.3 is 4.98 Å². The van der Waals surface area contributed by atoms with E-state index in [1.54, 1.807) is 0 Å². The molecule has 5 nitrogen and oxygen atoms in total. The first-order valence-electron chi connectivity index (χ1n) is 4.93. The highest BCUT2D eigenvalue weighted by Crippen LogP contribution is 2.13. The Balaban J connectivity index is 3.15. The Bertz CT molecular complexity index is 530. The van der Waals surface area contributed by atoms with Gasteiger partial charge in [0.15, 0.2) is 0 Å². The van der Waals surface area contributed by atoms with Crippen LogP contribution in [0.5, 0.6) is 0 Å². The summed E-state index contributed by atoms with van der Waals surface area (Å²) in [5.41, 5.74) is -0.344. The molecule has 1 aromatic heterocycles. The average Bonchev–Trinajstić information content (AvgIpc) is 2.29. The van der Waals surface area contributed by atoms with E-state index in [0.717, 1.165) is 0 Å². The first-order valence-corrected chi connectivity index (χ1v) is 6.37. The number of H-pyrrole nitrogens is 1. The molecule has 0 aliphatic heterocycles. The highest BCUT2D eigenvalue weighted by atomic mass is 32.2. The van der Waals surface area contributed by atoms with Gasteiger partial charge in [-0.2, -0.15) is 4.31 Å². The Morgan fingerprint density at radius 3 is 2.24 bits per heavy atom. The molecule has 17 heavy (non-hydrogen) atoms. The summed E-state index contributed by atoms with van der Waals surface area (Å²) in [6.45, 7) is 7.39. The molecule has 0 amide bonds. The molecular formula is C11H14N2O3S. The number of nitrogens with one attached hydrogen (secondary N) is 1. The fourth-order valence-corrected chi connectivity index (χ4v) is 2.61. The molecule has 0 unspecified atom stereocenters. The van der Waals surface area contributed by atoms with Crippen molar-refractivity contribution in [2.45, 2.75) is 4.90 Å². The topological polar surface area (TPSA) is 70.2 Å². The average molecular weight is 254 g/mol. The van der Waals surface area contributed by atoms with E-state index in [1.807, 2.05) is 0 Å². The molecule has 1 heterocycles. The number of aromatic amines is 1. The summed E-state index contributed by atoms with van der Waals surface area (Å²) in [5, 5.41) is 0. The van der Waals surface area contributed by atoms with Crippen LogP contribution in [0, 0.1) is 0 Å². The van der Waals surface area contributed by atoms with Gasteiger partial charge >= 0.3 is 0 Å². The molecular weight excluding hydrogens is 240 g/mol. The third-order valence-electron chi connectivity index (χ3n) is 2.06. The van der Waals surface area contributed by atoms with Gasteiger partial charge in [0, 0.05) is 25.4 Å². The number of rotatable bonds is 6. The summed E-state index contributed by atoms with van der Waals surface area (Å²) in [7, 11) is -3.62. The van der Waals surface area contributed by atoms with Crippen LogP contribution >= 0.6 is 0 Å². The second-order valence-corrected chi connectivity index (χ2v) is 5.23. The molecule has 0 atom stereocenters. The van der Waals surface area contributed by atoms with Gasteiger partial charge in [-0.15, -0.1) is 13.2 Å². The first kappa shape index (κ1) is 13.4.